The summed E-state index contributed by atoms with van der Waals surface area (Å²) in [4.78, 5) is 10.8. The predicted molar refractivity (Wildman–Crippen MR) is 92.8 cm³/mol. The average molecular weight is 341 g/mol. The van der Waals surface area contributed by atoms with E-state index in [0.29, 0.717) is 19.1 Å². The van der Waals surface area contributed by atoms with Gasteiger partial charge >= 0.3 is 0 Å². The minimum atomic E-state index is 0.439. The third-order valence-corrected chi connectivity index (χ3v) is 4.58. The average Bonchev–Trinajstić information content (AvgIpc) is 2.87. The van der Waals surface area contributed by atoms with Crippen LogP contribution in [0.3, 0.4) is 0 Å². The Morgan fingerprint density at radius 2 is 2.00 bits per heavy atom. The lowest BCUT2D eigenvalue weighted by Crippen LogP contribution is -2.30. The number of rotatable bonds is 4. The molecule has 1 aromatic heterocycles. The third kappa shape index (κ3) is 4.27. The molecule has 1 saturated heterocycles. The summed E-state index contributed by atoms with van der Waals surface area (Å²) in [6.45, 7) is 5.62. The van der Waals surface area contributed by atoms with Gasteiger partial charge in [-0.2, -0.15) is 0 Å². The van der Waals surface area contributed by atoms with Gasteiger partial charge < -0.3 is 14.2 Å². The standard InChI is InChI=1S/C19H23N3O3/c1-2-18-19(25-8-7-24-18)10-15(1)11-22-5-6-23-13-16(12-22)9-17-3-4-20-14-21-17/h1-4,10,14,16H,5-9,11-13H2. The molecule has 0 radical (unpaired) electrons. The summed E-state index contributed by atoms with van der Waals surface area (Å²) in [5.41, 5.74) is 2.32. The van der Waals surface area contributed by atoms with Gasteiger partial charge in [0.15, 0.2) is 11.5 Å². The molecule has 1 aromatic carbocycles. The molecular formula is C19H23N3O3. The molecule has 2 aliphatic rings. The molecule has 6 heteroatoms. The first-order valence-electron chi connectivity index (χ1n) is 8.80. The van der Waals surface area contributed by atoms with Crippen molar-refractivity contribution < 1.29 is 14.2 Å². The van der Waals surface area contributed by atoms with Crippen LogP contribution >= 0.6 is 0 Å². The number of hydrogen-bond donors (Lipinski definition) is 0. The van der Waals surface area contributed by atoms with Crippen LogP contribution in [0.5, 0.6) is 11.5 Å². The maximum atomic E-state index is 5.81. The molecule has 2 aromatic rings. The van der Waals surface area contributed by atoms with Gasteiger partial charge in [-0.05, 0) is 30.2 Å². The van der Waals surface area contributed by atoms with Crippen LogP contribution in [0.1, 0.15) is 11.3 Å². The lowest BCUT2D eigenvalue weighted by atomic mass is 10.0. The fourth-order valence-corrected chi connectivity index (χ4v) is 3.40. The van der Waals surface area contributed by atoms with E-state index >= 15 is 0 Å². The van der Waals surface area contributed by atoms with Crippen LogP contribution in [0, 0.1) is 5.92 Å². The molecule has 1 unspecified atom stereocenters. The molecule has 6 nitrogen and oxygen atoms in total. The van der Waals surface area contributed by atoms with Gasteiger partial charge in [0, 0.05) is 37.4 Å². The molecule has 25 heavy (non-hydrogen) atoms. The molecular weight excluding hydrogens is 318 g/mol. The third-order valence-electron chi connectivity index (χ3n) is 4.58. The highest BCUT2D eigenvalue weighted by Gasteiger charge is 2.20. The van der Waals surface area contributed by atoms with Crippen molar-refractivity contribution in [1.82, 2.24) is 14.9 Å². The minimum Gasteiger partial charge on any atom is -0.486 e. The molecule has 0 saturated carbocycles. The van der Waals surface area contributed by atoms with Crippen molar-refractivity contribution >= 4 is 0 Å². The van der Waals surface area contributed by atoms with Crippen molar-refractivity contribution in [1.29, 1.82) is 0 Å². The fraction of sp³-hybridized carbons (Fsp3) is 0.474. The van der Waals surface area contributed by atoms with Crippen LogP contribution in [0.4, 0.5) is 0 Å². The van der Waals surface area contributed by atoms with E-state index < -0.39 is 0 Å². The smallest absolute Gasteiger partial charge is 0.161 e. The second-order valence-corrected chi connectivity index (χ2v) is 6.56. The van der Waals surface area contributed by atoms with Crippen molar-refractivity contribution in [2.45, 2.75) is 13.0 Å². The van der Waals surface area contributed by atoms with E-state index in [4.69, 9.17) is 14.2 Å². The Hall–Kier alpha value is -2.18. The Labute approximate surface area is 147 Å². The molecule has 3 heterocycles. The van der Waals surface area contributed by atoms with Gasteiger partial charge in [-0.1, -0.05) is 6.07 Å². The van der Waals surface area contributed by atoms with Crippen LogP contribution in [-0.2, 0) is 17.7 Å². The molecule has 2 aliphatic heterocycles. The predicted octanol–water partition coefficient (Wildman–Crippen LogP) is 1.94. The van der Waals surface area contributed by atoms with Crippen molar-refractivity contribution in [2.75, 3.05) is 39.5 Å². The van der Waals surface area contributed by atoms with Gasteiger partial charge in [-0.3, -0.25) is 4.90 Å². The monoisotopic (exact) mass is 341 g/mol. The van der Waals surface area contributed by atoms with E-state index in [1.54, 1.807) is 12.5 Å². The summed E-state index contributed by atoms with van der Waals surface area (Å²) >= 11 is 0. The van der Waals surface area contributed by atoms with Crippen LogP contribution in [0.2, 0.25) is 0 Å². The van der Waals surface area contributed by atoms with E-state index in [0.717, 1.165) is 56.5 Å². The Morgan fingerprint density at radius 3 is 2.88 bits per heavy atom. The van der Waals surface area contributed by atoms with Gasteiger partial charge in [-0.25, -0.2) is 9.97 Å². The second kappa shape index (κ2) is 7.80. The van der Waals surface area contributed by atoms with E-state index in [9.17, 15) is 0 Å². The topological polar surface area (TPSA) is 56.7 Å². The highest BCUT2D eigenvalue weighted by molar-refractivity contribution is 5.43. The molecule has 0 amide bonds. The molecule has 132 valence electrons. The van der Waals surface area contributed by atoms with Crippen molar-refractivity contribution in [2.24, 2.45) is 5.92 Å². The summed E-state index contributed by atoms with van der Waals surface area (Å²) < 4.78 is 17.1. The van der Waals surface area contributed by atoms with Crippen molar-refractivity contribution in [3.8, 4) is 11.5 Å². The number of hydrogen-bond acceptors (Lipinski definition) is 6. The zero-order chi connectivity index (χ0) is 16.9. The highest BCUT2D eigenvalue weighted by Crippen LogP contribution is 2.31. The van der Waals surface area contributed by atoms with Gasteiger partial charge in [0.05, 0.1) is 13.2 Å². The Morgan fingerprint density at radius 1 is 1.08 bits per heavy atom. The maximum absolute atomic E-state index is 5.81. The number of nitrogens with zero attached hydrogens (tertiary/aromatic N) is 3. The number of ether oxygens (including phenoxy) is 3. The summed E-state index contributed by atoms with van der Waals surface area (Å²) in [5.74, 6) is 2.14. The van der Waals surface area contributed by atoms with Crippen LogP contribution in [0.15, 0.2) is 36.8 Å². The summed E-state index contributed by atoms with van der Waals surface area (Å²) in [7, 11) is 0. The Bertz CT molecular complexity index is 696. The molecule has 0 spiro atoms. The Balaban J connectivity index is 1.41. The van der Waals surface area contributed by atoms with Crippen molar-refractivity contribution in [3.63, 3.8) is 0 Å². The SMILES string of the molecule is c1cc(CC2COCCN(Cc3ccc4c(c3)OCCO4)C2)ncn1. The lowest BCUT2D eigenvalue weighted by molar-refractivity contribution is 0.121. The highest BCUT2D eigenvalue weighted by atomic mass is 16.6. The van der Waals surface area contributed by atoms with Gasteiger partial charge in [0.2, 0.25) is 0 Å². The van der Waals surface area contributed by atoms with E-state index in [1.165, 1.54) is 5.56 Å². The Kier molecular flexibility index (Phi) is 5.09. The quantitative estimate of drug-likeness (QED) is 0.847. The number of fused-ring (bicyclic) bond motifs is 1. The first-order chi connectivity index (χ1) is 12.4. The molecule has 0 aliphatic carbocycles. The largest absolute Gasteiger partial charge is 0.486 e. The van der Waals surface area contributed by atoms with Crippen LogP contribution in [0.25, 0.3) is 0 Å². The van der Waals surface area contributed by atoms with E-state index in [1.807, 2.05) is 12.1 Å². The van der Waals surface area contributed by atoms with Crippen LogP contribution in [-0.4, -0.2) is 54.4 Å². The normalized spacial score (nSPS) is 20.9. The zero-order valence-corrected chi connectivity index (χ0v) is 14.3. The van der Waals surface area contributed by atoms with Crippen molar-refractivity contribution in [3.05, 3.63) is 48.0 Å². The molecule has 1 fully saturated rings. The first-order valence-corrected chi connectivity index (χ1v) is 8.80. The first kappa shape index (κ1) is 16.3. The molecule has 0 N–H and O–H groups in total. The molecule has 1 atom stereocenters. The number of benzene rings is 1. The maximum Gasteiger partial charge on any atom is 0.161 e. The van der Waals surface area contributed by atoms with E-state index in [2.05, 4.69) is 27.0 Å². The summed E-state index contributed by atoms with van der Waals surface area (Å²) in [6, 6.07) is 8.21. The molecule has 0 bridgehead atoms. The van der Waals surface area contributed by atoms with Gasteiger partial charge in [0.1, 0.15) is 19.5 Å². The summed E-state index contributed by atoms with van der Waals surface area (Å²) in [6.07, 6.45) is 4.33. The number of aromatic nitrogens is 2. The fourth-order valence-electron chi connectivity index (χ4n) is 3.40. The van der Waals surface area contributed by atoms with Gasteiger partial charge in [0.25, 0.3) is 0 Å². The zero-order valence-electron chi connectivity index (χ0n) is 14.3. The minimum absolute atomic E-state index is 0.439. The lowest BCUT2D eigenvalue weighted by Gasteiger charge is -2.24. The molecule has 4 rings (SSSR count). The van der Waals surface area contributed by atoms with Gasteiger partial charge in [-0.15, -0.1) is 0 Å². The van der Waals surface area contributed by atoms with E-state index in [-0.39, 0.29) is 0 Å². The van der Waals surface area contributed by atoms with Crippen LogP contribution < -0.4 is 9.47 Å². The second-order valence-electron chi connectivity index (χ2n) is 6.56. The summed E-state index contributed by atoms with van der Waals surface area (Å²) in [5, 5.41) is 0.